The number of hydrogen-bond acceptors (Lipinski definition) is 5. The molecule has 1 amide bonds. The summed E-state index contributed by atoms with van der Waals surface area (Å²) in [6.07, 6.45) is 0. The molecule has 0 heterocycles. The highest BCUT2D eigenvalue weighted by Gasteiger charge is 2.14. The van der Waals surface area contributed by atoms with Gasteiger partial charge in [0.25, 0.3) is 5.91 Å². The predicted molar refractivity (Wildman–Crippen MR) is 97.4 cm³/mol. The lowest BCUT2D eigenvalue weighted by atomic mass is 10.2. The van der Waals surface area contributed by atoms with Crippen molar-refractivity contribution in [1.29, 1.82) is 0 Å². The zero-order chi connectivity index (χ0) is 18.2. The number of ether oxygens (including phenoxy) is 1. The number of aliphatic hydroxyl groups excluding tert-OH is 1. The molecule has 0 fully saturated rings. The first kappa shape index (κ1) is 19.1. The van der Waals surface area contributed by atoms with Gasteiger partial charge in [0.2, 0.25) is 0 Å². The van der Waals surface area contributed by atoms with Crippen LogP contribution in [0, 0.1) is 0 Å². The molecule has 2 aromatic rings. The monoisotopic (exact) mass is 382 g/mol. The molecule has 0 radical (unpaired) electrons. The number of anilines is 2. The van der Waals surface area contributed by atoms with Gasteiger partial charge in [-0.1, -0.05) is 35.3 Å². The topological polar surface area (TPSA) is 87.7 Å². The van der Waals surface area contributed by atoms with Gasteiger partial charge in [-0.3, -0.25) is 4.79 Å². The minimum absolute atomic E-state index is 0.0754. The second-order valence-electron chi connectivity index (χ2n) is 4.98. The molecule has 0 spiro atoms. The van der Waals surface area contributed by atoms with Crippen molar-refractivity contribution in [2.75, 3.05) is 30.4 Å². The Labute approximate surface area is 154 Å². The van der Waals surface area contributed by atoms with E-state index < -0.39 is 18.5 Å². The van der Waals surface area contributed by atoms with Crippen molar-refractivity contribution in [2.24, 2.45) is 0 Å². The van der Waals surface area contributed by atoms with Gasteiger partial charge >= 0.3 is 5.97 Å². The first-order chi connectivity index (χ1) is 12.0. The lowest BCUT2D eigenvalue weighted by molar-refractivity contribution is -0.119. The summed E-state index contributed by atoms with van der Waals surface area (Å²) in [4.78, 5) is 24.1. The Morgan fingerprint density at radius 3 is 2.44 bits per heavy atom. The van der Waals surface area contributed by atoms with Crippen LogP contribution < -0.4 is 10.6 Å². The number of halogens is 2. The van der Waals surface area contributed by atoms with Crippen LogP contribution in [0.15, 0.2) is 42.5 Å². The van der Waals surface area contributed by atoms with Crippen LogP contribution in [0.1, 0.15) is 10.4 Å². The van der Waals surface area contributed by atoms with Crippen molar-refractivity contribution >= 4 is 46.5 Å². The molecule has 2 aromatic carbocycles. The van der Waals surface area contributed by atoms with Crippen LogP contribution in [-0.2, 0) is 9.53 Å². The van der Waals surface area contributed by atoms with Crippen molar-refractivity contribution in [1.82, 2.24) is 0 Å². The molecule has 0 atom stereocenters. The first-order valence-electron chi connectivity index (χ1n) is 7.36. The van der Waals surface area contributed by atoms with Crippen LogP contribution in [0.3, 0.4) is 0 Å². The third-order valence-corrected chi connectivity index (χ3v) is 3.49. The highest BCUT2D eigenvalue weighted by atomic mass is 35.5. The molecule has 132 valence electrons. The number of rotatable bonds is 7. The molecule has 0 aliphatic carbocycles. The number of benzene rings is 2. The lowest BCUT2D eigenvalue weighted by Gasteiger charge is -2.11. The molecule has 0 aromatic heterocycles. The van der Waals surface area contributed by atoms with Crippen LogP contribution in [0.4, 0.5) is 11.4 Å². The minimum Gasteiger partial charge on any atom is -0.452 e. The van der Waals surface area contributed by atoms with Crippen LogP contribution in [0.25, 0.3) is 0 Å². The zero-order valence-electron chi connectivity index (χ0n) is 13.1. The normalized spacial score (nSPS) is 10.2. The minimum atomic E-state index is -0.652. The second kappa shape index (κ2) is 9.27. The quantitative estimate of drug-likeness (QED) is 0.640. The third-order valence-electron chi connectivity index (χ3n) is 3.05. The van der Waals surface area contributed by atoms with E-state index in [1.54, 1.807) is 24.3 Å². The Morgan fingerprint density at radius 1 is 1.08 bits per heavy atom. The van der Waals surface area contributed by atoms with Crippen molar-refractivity contribution in [2.45, 2.75) is 0 Å². The van der Waals surface area contributed by atoms with Gasteiger partial charge in [0.1, 0.15) is 0 Å². The number of para-hydroxylation sites is 1. The molecule has 6 nitrogen and oxygen atoms in total. The molecular weight excluding hydrogens is 367 g/mol. The Morgan fingerprint density at radius 2 is 1.76 bits per heavy atom. The predicted octanol–water partition coefficient (Wildman–Crippen LogP) is 3.19. The van der Waals surface area contributed by atoms with Crippen LogP contribution in [0.2, 0.25) is 10.0 Å². The average molecular weight is 383 g/mol. The molecule has 25 heavy (non-hydrogen) atoms. The van der Waals surface area contributed by atoms with Gasteiger partial charge in [-0.05, 0) is 30.3 Å². The van der Waals surface area contributed by atoms with Crippen molar-refractivity contribution < 1.29 is 19.4 Å². The Hall–Kier alpha value is -2.28. The number of nitrogens with one attached hydrogen (secondary N) is 2. The third kappa shape index (κ3) is 5.94. The molecule has 8 heteroatoms. The molecule has 0 saturated carbocycles. The number of hydrogen-bond donors (Lipinski definition) is 3. The summed E-state index contributed by atoms with van der Waals surface area (Å²) in [6, 6.07) is 11.3. The Bertz CT molecular complexity index is 748. The standard InChI is InChI=1S/C17H16Cl2N2O4/c18-11-7-12(19)9-13(8-11)21-16(23)10-25-17(24)14-3-1-2-4-15(14)20-5-6-22/h1-4,7-9,20,22H,5-6,10H2,(H,21,23). The van der Waals surface area contributed by atoms with Gasteiger partial charge in [0, 0.05) is 28.0 Å². The van der Waals surface area contributed by atoms with E-state index in [0.717, 1.165) is 0 Å². The summed E-state index contributed by atoms with van der Waals surface area (Å²) in [6.45, 7) is -0.244. The summed E-state index contributed by atoms with van der Waals surface area (Å²) >= 11 is 11.7. The largest absolute Gasteiger partial charge is 0.452 e. The van der Waals surface area contributed by atoms with E-state index in [0.29, 0.717) is 28.0 Å². The van der Waals surface area contributed by atoms with E-state index in [2.05, 4.69) is 10.6 Å². The molecule has 0 aliphatic rings. The summed E-state index contributed by atoms with van der Waals surface area (Å²) in [5.41, 5.74) is 1.20. The number of amides is 1. The van der Waals surface area contributed by atoms with Gasteiger partial charge in [-0.15, -0.1) is 0 Å². The maximum atomic E-state index is 12.1. The van der Waals surface area contributed by atoms with Crippen LogP contribution in [-0.4, -0.2) is 36.7 Å². The summed E-state index contributed by atoms with van der Waals surface area (Å²) < 4.78 is 5.02. The number of carbonyl (C=O) groups is 2. The van der Waals surface area contributed by atoms with E-state index in [-0.39, 0.29) is 12.2 Å². The smallest absolute Gasteiger partial charge is 0.340 e. The molecule has 0 saturated heterocycles. The molecular formula is C17H16Cl2N2O4. The van der Waals surface area contributed by atoms with Crippen LogP contribution >= 0.6 is 23.2 Å². The molecule has 2 rings (SSSR count). The summed E-state index contributed by atoms with van der Waals surface area (Å²) in [7, 11) is 0. The molecule has 0 aliphatic heterocycles. The van der Waals surface area contributed by atoms with Crippen LogP contribution in [0.5, 0.6) is 0 Å². The van der Waals surface area contributed by atoms with Gasteiger partial charge < -0.3 is 20.5 Å². The molecule has 0 unspecified atom stereocenters. The average Bonchev–Trinajstić information content (AvgIpc) is 2.57. The molecule has 3 N–H and O–H groups in total. The van der Waals surface area contributed by atoms with E-state index in [9.17, 15) is 9.59 Å². The maximum Gasteiger partial charge on any atom is 0.340 e. The number of esters is 1. The summed E-state index contributed by atoms with van der Waals surface area (Å²) in [5, 5.41) is 15.1. The fraction of sp³-hybridized carbons (Fsp3) is 0.176. The van der Waals surface area contributed by atoms with Crippen molar-refractivity contribution in [3.63, 3.8) is 0 Å². The fourth-order valence-corrected chi connectivity index (χ4v) is 2.56. The van der Waals surface area contributed by atoms with Gasteiger partial charge in [0.15, 0.2) is 6.61 Å². The van der Waals surface area contributed by atoms with E-state index >= 15 is 0 Å². The van der Waals surface area contributed by atoms with Gasteiger partial charge in [0.05, 0.1) is 12.2 Å². The molecule has 0 bridgehead atoms. The van der Waals surface area contributed by atoms with Gasteiger partial charge in [-0.2, -0.15) is 0 Å². The zero-order valence-corrected chi connectivity index (χ0v) is 14.6. The van der Waals surface area contributed by atoms with Crippen molar-refractivity contribution in [3.05, 3.63) is 58.1 Å². The van der Waals surface area contributed by atoms with E-state index in [4.69, 9.17) is 33.0 Å². The Balaban J connectivity index is 1.94. The second-order valence-corrected chi connectivity index (χ2v) is 5.85. The van der Waals surface area contributed by atoms with E-state index in [1.807, 2.05) is 0 Å². The highest BCUT2D eigenvalue weighted by Crippen LogP contribution is 2.22. The fourth-order valence-electron chi connectivity index (χ4n) is 2.04. The first-order valence-corrected chi connectivity index (χ1v) is 8.12. The van der Waals surface area contributed by atoms with E-state index in [1.165, 1.54) is 18.2 Å². The Kier molecular flexibility index (Phi) is 7.06. The van der Waals surface area contributed by atoms with Gasteiger partial charge in [-0.25, -0.2) is 4.79 Å². The summed E-state index contributed by atoms with van der Waals surface area (Å²) in [5.74, 6) is -1.17. The SMILES string of the molecule is O=C(COC(=O)c1ccccc1NCCO)Nc1cc(Cl)cc(Cl)c1. The number of aliphatic hydroxyl groups is 1. The number of carbonyl (C=O) groups excluding carboxylic acids is 2. The highest BCUT2D eigenvalue weighted by molar-refractivity contribution is 6.35. The van der Waals surface area contributed by atoms with Crippen molar-refractivity contribution in [3.8, 4) is 0 Å². The lowest BCUT2D eigenvalue weighted by Crippen LogP contribution is -2.21. The maximum absolute atomic E-state index is 12.1.